The zero-order valence-electron chi connectivity index (χ0n) is 9.29. The van der Waals surface area contributed by atoms with Gasteiger partial charge in [0.2, 0.25) is 0 Å². The second-order valence-electron chi connectivity index (χ2n) is 4.79. The van der Waals surface area contributed by atoms with E-state index in [0.717, 1.165) is 18.4 Å². The maximum Gasteiger partial charge on any atom is 0.00671 e. The van der Waals surface area contributed by atoms with Gasteiger partial charge >= 0.3 is 0 Å². The molecule has 0 aromatic heterocycles. The van der Waals surface area contributed by atoms with Gasteiger partial charge in [0.25, 0.3) is 0 Å². The lowest BCUT2D eigenvalue weighted by Crippen LogP contribution is -2.42. The number of rotatable bonds is 3. The Morgan fingerprint density at radius 2 is 2.08 bits per heavy atom. The number of nitrogens with zero attached hydrogens (tertiary/aromatic N) is 1. The van der Waals surface area contributed by atoms with Crippen molar-refractivity contribution in [3.05, 3.63) is 0 Å². The lowest BCUT2D eigenvalue weighted by Gasteiger charge is -2.37. The van der Waals surface area contributed by atoms with Gasteiger partial charge < -0.3 is 10.6 Å². The molecule has 0 bridgehead atoms. The van der Waals surface area contributed by atoms with Crippen molar-refractivity contribution in [2.24, 2.45) is 11.7 Å². The lowest BCUT2D eigenvalue weighted by molar-refractivity contribution is 0.121. The normalized spacial score (nSPS) is 33.2. The molecular weight excluding hydrogens is 160 g/mol. The summed E-state index contributed by atoms with van der Waals surface area (Å²) in [5.41, 5.74) is 5.76. The number of nitrogens with two attached hydrogens (primary N) is 1. The monoisotopic (exact) mass is 184 g/mol. The standard InChI is InChI=1S/C11H24N2/c1-9-4-5-11(3)13(8-9)7-6-10(2)12/h9-11H,4-8,12H2,1-3H3. The average Bonchev–Trinajstić information content (AvgIpc) is 2.06. The Morgan fingerprint density at radius 3 is 2.69 bits per heavy atom. The summed E-state index contributed by atoms with van der Waals surface area (Å²) in [6.07, 6.45) is 3.90. The van der Waals surface area contributed by atoms with Crippen LogP contribution in [0.4, 0.5) is 0 Å². The highest BCUT2D eigenvalue weighted by atomic mass is 15.2. The van der Waals surface area contributed by atoms with E-state index in [1.807, 2.05) is 0 Å². The zero-order chi connectivity index (χ0) is 9.84. The predicted octanol–water partition coefficient (Wildman–Crippen LogP) is 1.84. The van der Waals surface area contributed by atoms with E-state index in [0.29, 0.717) is 6.04 Å². The van der Waals surface area contributed by atoms with Crippen molar-refractivity contribution in [1.82, 2.24) is 4.90 Å². The fraction of sp³-hybridized carbons (Fsp3) is 1.00. The molecule has 1 rings (SSSR count). The summed E-state index contributed by atoms with van der Waals surface area (Å²) in [5, 5.41) is 0. The van der Waals surface area contributed by atoms with Crippen LogP contribution < -0.4 is 5.73 Å². The Labute approximate surface area is 82.5 Å². The van der Waals surface area contributed by atoms with Crippen molar-refractivity contribution in [3.8, 4) is 0 Å². The number of hydrogen-bond donors (Lipinski definition) is 1. The third-order valence-electron chi connectivity index (χ3n) is 3.12. The largest absolute Gasteiger partial charge is 0.328 e. The van der Waals surface area contributed by atoms with Crippen LogP contribution in [-0.2, 0) is 0 Å². The quantitative estimate of drug-likeness (QED) is 0.725. The lowest BCUT2D eigenvalue weighted by atomic mass is 9.95. The molecule has 0 aromatic carbocycles. The van der Waals surface area contributed by atoms with Crippen molar-refractivity contribution in [2.45, 2.75) is 52.1 Å². The molecule has 13 heavy (non-hydrogen) atoms. The zero-order valence-corrected chi connectivity index (χ0v) is 9.29. The molecule has 1 heterocycles. The summed E-state index contributed by atoms with van der Waals surface area (Å²) < 4.78 is 0. The highest BCUT2D eigenvalue weighted by Gasteiger charge is 2.22. The number of hydrogen-bond acceptors (Lipinski definition) is 2. The minimum Gasteiger partial charge on any atom is -0.328 e. The van der Waals surface area contributed by atoms with Crippen molar-refractivity contribution in [3.63, 3.8) is 0 Å². The van der Waals surface area contributed by atoms with Gasteiger partial charge in [-0.15, -0.1) is 0 Å². The Balaban J connectivity index is 2.29. The van der Waals surface area contributed by atoms with E-state index in [1.54, 1.807) is 0 Å². The van der Waals surface area contributed by atoms with Crippen molar-refractivity contribution < 1.29 is 0 Å². The van der Waals surface area contributed by atoms with Crippen LogP contribution in [0.2, 0.25) is 0 Å². The van der Waals surface area contributed by atoms with Crippen LogP contribution in [0.25, 0.3) is 0 Å². The van der Waals surface area contributed by atoms with Gasteiger partial charge in [-0.05, 0) is 45.6 Å². The summed E-state index contributed by atoms with van der Waals surface area (Å²) in [6.45, 7) is 9.24. The molecule has 0 aliphatic carbocycles. The van der Waals surface area contributed by atoms with Crippen LogP contribution in [-0.4, -0.2) is 30.1 Å². The highest BCUT2D eigenvalue weighted by molar-refractivity contribution is 4.77. The Hall–Kier alpha value is -0.0800. The predicted molar refractivity (Wildman–Crippen MR) is 57.7 cm³/mol. The van der Waals surface area contributed by atoms with Gasteiger partial charge in [-0.1, -0.05) is 6.92 Å². The first-order chi connectivity index (χ1) is 6.09. The number of piperidine rings is 1. The topological polar surface area (TPSA) is 29.3 Å². The maximum absolute atomic E-state index is 5.76. The first-order valence-electron chi connectivity index (χ1n) is 5.59. The van der Waals surface area contributed by atoms with Gasteiger partial charge in [-0.25, -0.2) is 0 Å². The third kappa shape index (κ3) is 3.65. The van der Waals surface area contributed by atoms with Crippen LogP contribution in [0.3, 0.4) is 0 Å². The summed E-state index contributed by atoms with van der Waals surface area (Å²) in [5.74, 6) is 0.879. The highest BCUT2D eigenvalue weighted by Crippen LogP contribution is 2.21. The van der Waals surface area contributed by atoms with Gasteiger partial charge in [0, 0.05) is 18.6 Å². The van der Waals surface area contributed by atoms with Gasteiger partial charge in [-0.3, -0.25) is 0 Å². The van der Waals surface area contributed by atoms with E-state index < -0.39 is 0 Å². The maximum atomic E-state index is 5.76. The third-order valence-corrected chi connectivity index (χ3v) is 3.12. The summed E-state index contributed by atoms with van der Waals surface area (Å²) in [7, 11) is 0. The minimum absolute atomic E-state index is 0.351. The van der Waals surface area contributed by atoms with Crippen molar-refractivity contribution >= 4 is 0 Å². The second-order valence-corrected chi connectivity index (χ2v) is 4.79. The van der Waals surface area contributed by atoms with E-state index in [1.165, 1.54) is 25.9 Å². The van der Waals surface area contributed by atoms with Crippen LogP contribution in [0.15, 0.2) is 0 Å². The molecule has 78 valence electrons. The van der Waals surface area contributed by atoms with Crippen molar-refractivity contribution in [1.29, 1.82) is 0 Å². The fourth-order valence-corrected chi connectivity index (χ4v) is 2.06. The van der Waals surface area contributed by atoms with E-state index in [-0.39, 0.29) is 0 Å². The molecule has 2 heteroatoms. The smallest absolute Gasteiger partial charge is 0.00671 e. The molecule has 1 fully saturated rings. The molecule has 3 atom stereocenters. The van der Waals surface area contributed by atoms with E-state index in [4.69, 9.17) is 5.73 Å². The van der Waals surface area contributed by atoms with Crippen LogP contribution in [0.1, 0.15) is 40.0 Å². The molecule has 1 aliphatic rings. The van der Waals surface area contributed by atoms with E-state index in [9.17, 15) is 0 Å². The van der Waals surface area contributed by atoms with E-state index in [2.05, 4.69) is 25.7 Å². The molecule has 0 aromatic rings. The minimum atomic E-state index is 0.351. The molecule has 1 saturated heterocycles. The van der Waals surface area contributed by atoms with Gasteiger partial charge in [-0.2, -0.15) is 0 Å². The van der Waals surface area contributed by atoms with E-state index >= 15 is 0 Å². The first-order valence-corrected chi connectivity index (χ1v) is 5.59. The summed E-state index contributed by atoms with van der Waals surface area (Å²) in [4.78, 5) is 2.59. The molecule has 3 unspecified atom stereocenters. The average molecular weight is 184 g/mol. The van der Waals surface area contributed by atoms with Crippen LogP contribution in [0, 0.1) is 5.92 Å². The molecule has 2 nitrogen and oxygen atoms in total. The SMILES string of the molecule is CC(N)CCN1CC(C)CCC1C. The second kappa shape index (κ2) is 4.97. The molecule has 2 N–H and O–H groups in total. The molecular formula is C11H24N2. The molecule has 0 amide bonds. The van der Waals surface area contributed by atoms with Crippen LogP contribution >= 0.6 is 0 Å². The van der Waals surface area contributed by atoms with Crippen molar-refractivity contribution in [2.75, 3.05) is 13.1 Å². The molecule has 0 saturated carbocycles. The molecule has 0 spiro atoms. The Bertz CT molecular complexity index is 145. The molecule has 0 radical (unpaired) electrons. The fourth-order valence-electron chi connectivity index (χ4n) is 2.06. The molecule has 1 aliphatic heterocycles. The number of likely N-dealkylation sites (tertiary alicyclic amines) is 1. The van der Waals surface area contributed by atoms with Crippen LogP contribution in [0.5, 0.6) is 0 Å². The van der Waals surface area contributed by atoms with Gasteiger partial charge in [0.15, 0.2) is 0 Å². The summed E-state index contributed by atoms with van der Waals surface area (Å²) >= 11 is 0. The van der Waals surface area contributed by atoms with Gasteiger partial charge in [0.05, 0.1) is 0 Å². The first kappa shape index (κ1) is 11.0. The Morgan fingerprint density at radius 1 is 1.38 bits per heavy atom. The summed E-state index contributed by atoms with van der Waals surface area (Å²) in [6, 6.07) is 1.12. The Kier molecular flexibility index (Phi) is 4.20. The van der Waals surface area contributed by atoms with Gasteiger partial charge in [0.1, 0.15) is 0 Å².